The van der Waals surface area contributed by atoms with Crippen molar-refractivity contribution < 1.29 is 8.91 Å². The molecule has 14 heavy (non-hydrogen) atoms. The van der Waals surface area contributed by atoms with Crippen LogP contribution >= 0.6 is 0 Å². The number of rotatable bonds is 2. The molecule has 3 nitrogen and oxygen atoms in total. The first-order valence-electron chi connectivity index (χ1n) is 4.28. The van der Waals surface area contributed by atoms with E-state index < -0.39 is 0 Å². The lowest BCUT2D eigenvalue weighted by molar-refractivity contribution is 0.388. The molecule has 1 heterocycles. The predicted molar refractivity (Wildman–Crippen MR) is 48.2 cm³/mol. The molecule has 0 amide bonds. The summed E-state index contributed by atoms with van der Waals surface area (Å²) in [6.45, 7) is 1.71. The SMILES string of the molecule is Cc1nc(Cc2ccccc2F)no1. The molecule has 2 aromatic rings. The monoisotopic (exact) mass is 192 g/mol. The summed E-state index contributed by atoms with van der Waals surface area (Å²) in [5.41, 5.74) is 0.577. The fraction of sp³-hybridized carbons (Fsp3) is 0.200. The molecule has 0 fully saturated rings. The van der Waals surface area contributed by atoms with E-state index in [1.165, 1.54) is 6.07 Å². The number of benzene rings is 1. The predicted octanol–water partition coefficient (Wildman–Crippen LogP) is 2.11. The van der Waals surface area contributed by atoms with Gasteiger partial charge in [-0.3, -0.25) is 0 Å². The van der Waals surface area contributed by atoms with Gasteiger partial charge < -0.3 is 4.52 Å². The van der Waals surface area contributed by atoms with Gasteiger partial charge in [-0.05, 0) is 11.6 Å². The second-order valence-corrected chi connectivity index (χ2v) is 3.00. The van der Waals surface area contributed by atoms with E-state index in [0.29, 0.717) is 23.7 Å². The molecule has 0 saturated carbocycles. The van der Waals surface area contributed by atoms with Crippen molar-refractivity contribution in [3.8, 4) is 0 Å². The molecule has 0 radical (unpaired) electrons. The van der Waals surface area contributed by atoms with Gasteiger partial charge in [-0.1, -0.05) is 23.4 Å². The Kier molecular flexibility index (Phi) is 2.26. The Morgan fingerprint density at radius 3 is 2.79 bits per heavy atom. The van der Waals surface area contributed by atoms with E-state index >= 15 is 0 Å². The first kappa shape index (κ1) is 8.87. The normalized spacial score (nSPS) is 10.4. The molecule has 0 bridgehead atoms. The van der Waals surface area contributed by atoms with Crippen molar-refractivity contribution in [2.45, 2.75) is 13.3 Å². The van der Waals surface area contributed by atoms with Crippen molar-refractivity contribution >= 4 is 0 Å². The Balaban J connectivity index is 2.23. The van der Waals surface area contributed by atoms with Crippen molar-refractivity contribution in [2.75, 3.05) is 0 Å². The fourth-order valence-electron chi connectivity index (χ4n) is 1.23. The van der Waals surface area contributed by atoms with Gasteiger partial charge in [-0.2, -0.15) is 4.98 Å². The highest BCUT2D eigenvalue weighted by Gasteiger charge is 2.06. The third kappa shape index (κ3) is 1.79. The molecule has 0 atom stereocenters. The van der Waals surface area contributed by atoms with Crippen LogP contribution in [-0.4, -0.2) is 10.1 Å². The van der Waals surface area contributed by atoms with Crippen LogP contribution in [0, 0.1) is 12.7 Å². The van der Waals surface area contributed by atoms with Gasteiger partial charge in [0.15, 0.2) is 5.82 Å². The minimum Gasteiger partial charge on any atom is -0.340 e. The van der Waals surface area contributed by atoms with E-state index in [2.05, 4.69) is 10.1 Å². The number of aryl methyl sites for hydroxylation is 1. The van der Waals surface area contributed by atoms with Crippen LogP contribution in [0.2, 0.25) is 0 Å². The summed E-state index contributed by atoms with van der Waals surface area (Å²) in [6, 6.07) is 6.56. The molecule has 0 aliphatic heterocycles. The average Bonchev–Trinajstić information content (AvgIpc) is 2.56. The average molecular weight is 192 g/mol. The maximum Gasteiger partial charge on any atom is 0.223 e. The van der Waals surface area contributed by atoms with Gasteiger partial charge in [0.25, 0.3) is 0 Å². The van der Waals surface area contributed by atoms with Crippen molar-refractivity contribution in [2.24, 2.45) is 0 Å². The summed E-state index contributed by atoms with van der Waals surface area (Å²) in [4.78, 5) is 4.00. The van der Waals surface area contributed by atoms with E-state index in [4.69, 9.17) is 4.52 Å². The Morgan fingerprint density at radius 2 is 2.14 bits per heavy atom. The van der Waals surface area contributed by atoms with Crippen molar-refractivity contribution in [3.63, 3.8) is 0 Å². The van der Waals surface area contributed by atoms with E-state index in [9.17, 15) is 4.39 Å². The third-order valence-electron chi connectivity index (χ3n) is 1.88. The van der Waals surface area contributed by atoms with Gasteiger partial charge in [-0.15, -0.1) is 0 Å². The maximum atomic E-state index is 13.2. The Morgan fingerprint density at radius 1 is 1.36 bits per heavy atom. The molecule has 0 aliphatic rings. The molecule has 72 valence electrons. The number of hydrogen-bond donors (Lipinski definition) is 0. The molecule has 1 aromatic carbocycles. The molecule has 1 aromatic heterocycles. The second kappa shape index (κ2) is 3.57. The van der Waals surface area contributed by atoms with Gasteiger partial charge in [0.05, 0.1) is 0 Å². The van der Waals surface area contributed by atoms with Crippen LogP contribution in [0.4, 0.5) is 4.39 Å². The van der Waals surface area contributed by atoms with Gasteiger partial charge in [0.1, 0.15) is 5.82 Å². The Labute approximate surface area is 80.6 Å². The summed E-state index contributed by atoms with van der Waals surface area (Å²) < 4.78 is 18.0. The molecule has 0 saturated heterocycles. The first-order valence-corrected chi connectivity index (χ1v) is 4.28. The lowest BCUT2D eigenvalue weighted by Gasteiger charge is -1.97. The van der Waals surface area contributed by atoms with Crippen LogP contribution in [0.5, 0.6) is 0 Å². The van der Waals surface area contributed by atoms with Crippen LogP contribution in [-0.2, 0) is 6.42 Å². The zero-order valence-corrected chi connectivity index (χ0v) is 7.70. The molecule has 0 N–H and O–H groups in total. The van der Waals surface area contributed by atoms with Gasteiger partial charge in [-0.25, -0.2) is 4.39 Å². The zero-order chi connectivity index (χ0) is 9.97. The lowest BCUT2D eigenvalue weighted by atomic mass is 10.1. The van der Waals surface area contributed by atoms with Crippen molar-refractivity contribution in [1.82, 2.24) is 10.1 Å². The highest BCUT2D eigenvalue weighted by Crippen LogP contribution is 2.10. The zero-order valence-electron chi connectivity index (χ0n) is 7.70. The molecule has 0 spiro atoms. The van der Waals surface area contributed by atoms with Gasteiger partial charge >= 0.3 is 0 Å². The summed E-state index contributed by atoms with van der Waals surface area (Å²) >= 11 is 0. The van der Waals surface area contributed by atoms with Gasteiger partial charge in [0, 0.05) is 13.3 Å². The fourth-order valence-corrected chi connectivity index (χ4v) is 1.23. The summed E-state index contributed by atoms with van der Waals surface area (Å²) in [6.07, 6.45) is 0.365. The molecular weight excluding hydrogens is 183 g/mol. The minimum atomic E-state index is -0.241. The molecular formula is C10H9FN2O. The van der Waals surface area contributed by atoms with Gasteiger partial charge in [0.2, 0.25) is 5.89 Å². The van der Waals surface area contributed by atoms with E-state index in [1.54, 1.807) is 25.1 Å². The second-order valence-electron chi connectivity index (χ2n) is 3.00. The van der Waals surface area contributed by atoms with E-state index in [-0.39, 0.29) is 5.82 Å². The number of nitrogens with zero attached hydrogens (tertiary/aromatic N) is 2. The van der Waals surface area contributed by atoms with Crippen molar-refractivity contribution in [3.05, 3.63) is 47.4 Å². The molecule has 4 heteroatoms. The standard InChI is InChI=1S/C10H9FN2O/c1-7-12-10(13-14-7)6-8-4-2-3-5-9(8)11/h2-5H,6H2,1H3. The molecule has 0 unspecified atom stereocenters. The molecule has 0 aliphatic carbocycles. The Bertz CT molecular complexity index is 439. The van der Waals surface area contributed by atoms with Crippen molar-refractivity contribution in [1.29, 1.82) is 0 Å². The summed E-state index contributed by atoms with van der Waals surface area (Å²) in [7, 11) is 0. The van der Waals surface area contributed by atoms with Crippen LogP contribution in [0.3, 0.4) is 0 Å². The topological polar surface area (TPSA) is 38.9 Å². The highest BCUT2D eigenvalue weighted by atomic mass is 19.1. The van der Waals surface area contributed by atoms with E-state index in [1.807, 2.05) is 0 Å². The number of hydrogen-bond acceptors (Lipinski definition) is 3. The summed E-state index contributed by atoms with van der Waals surface area (Å²) in [5, 5.41) is 3.70. The van der Waals surface area contributed by atoms with Crippen LogP contribution in [0.1, 0.15) is 17.3 Å². The highest BCUT2D eigenvalue weighted by molar-refractivity contribution is 5.20. The maximum absolute atomic E-state index is 13.2. The number of halogens is 1. The van der Waals surface area contributed by atoms with Crippen LogP contribution in [0.15, 0.2) is 28.8 Å². The quantitative estimate of drug-likeness (QED) is 0.731. The smallest absolute Gasteiger partial charge is 0.223 e. The summed E-state index contributed by atoms with van der Waals surface area (Å²) in [5.74, 6) is 0.763. The Hall–Kier alpha value is -1.71. The minimum absolute atomic E-state index is 0.241. The largest absolute Gasteiger partial charge is 0.340 e. The number of aromatic nitrogens is 2. The first-order chi connectivity index (χ1) is 6.75. The molecule has 2 rings (SSSR count). The third-order valence-corrected chi connectivity index (χ3v) is 1.88. The van der Waals surface area contributed by atoms with Crippen LogP contribution in [0.25, 0.3) is 0 Å². The van der Waals surface area contributed by atoms with Crippen LogP contribution < -0.4 is 0 Å². The lowest BCUT2D eigenvalue weighted by Crippen LogP contribution is -1.94. The van der Waals surface area contributed by atoms with E-state index in [0.717, 1.165) is 0 Å².